The number of anilines is 1. The molecular formula is C17H16ClN3O3. The number of nitrogen functional groups attached to an aromatic ring is 1. The Morgan fingerprint density at radius 1 is 1.42 bits per heavy atom. The zero-order valence-electron chi connectivity index (χ0n) is 13.0. The number of nitrogens with zero attached hydrogens (tertiary/aromatic N) is 2. The maximum absolute atomic E-state index is 12.3. The van der Waals surface area contributed by atoms with Gasteiger partial charge in [0.15, 0.2) is 11.8 Å². The van der Waals surface area contributed by atoms with Gasteiger partial charge in [-0.3, -0.25) is 0 Å². The predicted molar refractivity (Wildman–Crippen MR) is 90.8 cm³/mol. The first-order valence-corrected chi connectivity index (χ1v) is 7.78. The smallest absolute Gasteiger partial charge is 0.358 e. The van der Waals surface area contributed by atoms with Crippen LogP contribution in [0.4, 0.5) is 5.69 Å². The van der Waals surface area contributed by atoms with Crippen molar-refractivity contribution in [2.45, 2.75) is 26.1 Å². The Morgan fingerprint density at radius 2 is 2.17 bits per heavy atom. The van der Waals surface area contributed by atoms with Crippen molar-refractivity contribution in [2.24, 2.45) is 5.16 Å². The van der Waals surface area contributed by atoms with Crippen molar-refractivity contribution in [3.63, 3.8) is 0 Å². The summed E-state index contributed by atoms with van der Waals surface area (Å²) >= 11 is 6.12. The first kappa shape index (κ1) is 16.3. The van der Waals surface area contributed by atoms with E-state index < -0.39 is 5.97 Å². The van der Waals surface area contributed by atoms with Crippen molar-refractivity contribution >= 4 is 29.0 Å². The first-order valence-electron chi connectivity index (χ1n) is 7.41. The lowest BCUT2D eigenvalue weighted by molar-refractivity contribution is 0.0462. The molecular weight excluding hydrogens is 330 g/mol. The van der Waals surface area contributed by atoms with E-state index in [-0.39, 0.29) is 29.1 Å². The van der Waals surface area contributed by atoms with Crippen molar-refractivity contribution in [3.05, 3.63) is 58.4 Å². The first-order chi connectivity index (χ1) is 11.5. The molecule has 1 aliphatic rings. The van der Waals surface area contributed by atoms with Crippen molar-refractivity contribution in [3.8, 4) is 0 Å². The molecule has 124 valence electrons. The van der Waals surface area contributed by atoms with Crippen LogP contribution in [-0.4, -0.2) is 16.7 Å². The molecule has 2 heterocycles. The van der Waals surface area contributed by atoms with Crippen LogP contribution in [0.25, 0.3) is 0 Å². The van der Waals surface area contributed by atoms with Gasteiger partial charge in [0.25, 0.3) is 0 Å². The summed E-state index contributed by atoms with van der Waals surface area (Å²) in [6.07, 6.45) is 0.220. The molecule has 0 amide bonds. The second-order valence-electron chi connectivity index (χ2n) is 5.49. The second kappa shape index (κ2) is 6.88. The predicted octanol–water partition coefficient (Wildman–Crippen LogP) is 3.51. The van der Waals surface area contributed by atoms with Gasteiger partial charge in [0.2, 0.25) is 0 Å². The molecule has 0 saturated heterocycles. The number of esters is 1. The van der Waals surface area contributed by atoms with E-state index in [4.69, 9.17) is 26.9 Å². The summed E-state index contributed by atoms with van der Waals surface area (Å²) in [5.41, 5.74) is 8.35. The number of nitrogens with two attached hydrogens (primary N) is 1. The highest BCUT2D eigenvalue weighted by Crippen LogP contribution is 2.31. The number of carbonyl (C=O) groups excluding carboxylic acids is 1. The topological polar surface area (TPSA) is 86.8 Å². The van der Waals surface area contributed by atoms with Gasteiger partial charge in [-0.05, 0) is 18.6 Å². The summed E-state index contributed by atoms with van der Waals surface area (Å²) in [6.45, 7) is 1.98. The van der Waals surface area contributed by atoms with E-state index in [0.717, 1.165) is 11.3 Å². The number of halogens is 1. The van der Waals surface area contributed by atoms with Gasteiger partial charge in [-0.1, -0.05) is 47.1 Å². The van der Waals surface area contributed by atoms with Gasteiger partial charge in [0.1, 0.15) is 6.61 Å². The van der Waals surface area contributed by atoms with Crippen LogP contribution in [0.3, 0.4) is 0 Å². The van der Waals surface area contributed by atoms with E-state index in [1.54, 1.807) is 6.07 Å². The van der Waals surface area contributed by atoms with Gasteiger partial charge in [0, 0.05) is 6.42 Å². The molecule has 0 fully saturated rings. The Balaban J connectivity index is 1.78. The molecule has 0 bridgehead atoms. The van der Waals surface area contributed by atoms with Crippen molar-refractivity contribution < 1.29 is 14.4 Å². The van der Waals surface area contributed by atoms with Crippen LogP contribution in [0, 0.1) is 0 Å². The van der Waals surface area contributed by atoms with Gasteiger partial charge < -0.3 is 15.3 Å². The van der Waals surface area contributed by atoms with Gasteiger partial charge in [-0.25, -0.2) is 9.78 Å². The van der Waals surface area contributed by atoms with E-state index in [2.05, 4.69) is 10.1 Å². The summed E-state index contributed by atoms with van der Waals surface area (Å²) in [5.74, 6) is -0.631. The number of aromatic nitrogens is 1. The molecule has 0 spiro atoms. The van der Waals surface area contributed by atoms with Crippen LogP contribution in [0.2, 0.25) is 5.02 Å². The van der Waals surface area contributed by atoms with Crippen LogP contribution in [0.1, 0.15) is 41.2 Å². The molecule has 0 radical (unpaired) electrons. The molecule has 0 saturated carbocycles. The van der Waals surface area contributed by atoms with Crippen LogP contribution in [0.5, 0.6) is 0 Å². The molecule has 2 N–H and O–H groups in total. The number of benzene rings is 1. The van der Waals surface area contributed by atoms with Gasteiger partial charge in [-0.2, -0.15) is 0 Å². The molecule has 1 unspecified atom stereocenters. The second-order valence-corrected chi connectivity index (χ2v) is 5.86. The summed E-state index contributed by atoms with van der Waals surface area (Å²) in [4.78, 5) is 21.9. The Kier molecular flexibility index (Phi) is 4.66. The maximum Gasteiger partial charge on any atom is 0.358 e. The lowest BCUT2D eigenvalue weighted by Gasteiger charge is -2.12. The third-order valence-electron chi connectivity index (χ3n) is 3.56. The zero-order chi connectivity index (χ0) is 17.1. The third kappa shape index (κ3) is 3.49. The quantitative estimate of drug-likeness (QED) is 0.857. The fourth-order valence-corrected chi connectivity index (χ4v) is 2.49. The third-order valence-corrected chi connectivity index (χ3v) is 3.96. The fourth-order valence-electron chi connectivity index (χ4n) is 2.32. The molecule has 1 aromatic carbocycles. The summed E-state index contributed by atoms with van der Waals surface area (Å²) < 4.78 is 5.28. The molecule has 0 aliphatic carbocycles. The molecule has 1 aliphatic heterocycles. The summed E-state index contributed by atoms with van der Waals surface area (Å²) in [6, 6.07) is 10.9. The summed E-state index contributed by atoms with van der Waals surface area (Å²) in [5, 5.41) is 3.96. The highest BCUT2D eigenvalue weighted by atomic mass is 35.5. The maximum atomic E-state index is 12.3. The normalized spacial score (nSPS) is 16.4. The Bertz CT molecular complexity index is 793. The minimum absolute atomic E-state index is 0.0178. The highest BCUT2D eigenvalue weighted by Gasteiger charge is 2.26. The molecule has 6 nitrogen and oxygen atoms in total. The Morgan fingerprint density at radius 3 is 2.83 bits per heavy atom. The molecule has 3 rings (SSSR count). The number of hydrogen-bond acceptors (Lipinski definition) is 6. The molecule has 1 atom stereocenters. The van der Waals surface area contributed by atoms with E-state index in [9.17, 15) is 4.79 Å². The van der Waals surface area contributed by atoms with Crippen LogP contribution in [-0.2, 0) is 16.2 Å². The van der Waals surface area contributed by atoms with E-state index in [0.29, 0.717) is 12.1 Å². The monoisotopic (exact) mass is 345 g/mol. The highest BCUT2D eigenvalue weighted by molar-refractivity contribution is 6.35. The van der Waals surface area contributed by atoms with Crippen molar-refractivity contribution in [2.75, 3.05) is 5.73 Å². The SMILES string of the molecule is CC1=NOC(c2cc(N)c(Cl)c(C(=O)OCc3ccccc3)n2)C1. The summed E-state index contributed by atoms with van der Waals surface area (Å²) in [7, 11) is 0. The average molecular weight is 346 g/mol. The zero-order valence-corrected chi connectivity index (χ0v) is 13.8. The number of ether oxygens (including phenoxy) is 1. The van der Waals surface area contributed by atoms with E-state index >= 15 is 0 Å². The number of carbonyl (C=O) groups is 1. The molecule has 7 heteroatoms. The molecule has 24 heavy (non-hydrogen) atoms. The molecule has 2 aromatic rings. The number of hydrogen-bond donors (Lipinski definition) is 1. The number of rotatable bonds is 4. The largest absolute Gasteiger partial charge is 0.456 e. The Labute approximate surface area is 144 Å². The minimum atomic E-state index is -0.631. The van der Waals surface area contributed by atoms with Crippen LogP contribution in [0.15, 0.2) is 41.6 Å². The standard InChI is InChI=1S/C17H16ClN3O3/c1-10-7-14(24-21-10)13-8-12(19)15(18)16(20-13)17(22)23-9-11-5-3-2-4-6-11/h2-6,8,14H,7,9H2,1H3,(H2,19,20). The van der Waals surface area contributed by atoms with E-state index in [1.165, 1.54) is 0 Å². The van der Waals surface area contributed by atoms with Crippen LogP contribution >= 0.6 is 11.6 Å². The van der Waals surface area contributed by atoms with Crippen molar-refractivity contribution in [1.29, 1.82) is 0 Å². The van der Waals surface area contributed by atoms with E-state index in [1.807, 2.05) is 37.3 Å². The molecule has 1 aromatic heterocycles. The Hall–Kier alpha value is -2.60. The van der Waals surface area contributed by atoms with Gasteiger partial charge in [-0.15, -0.1) is 0 Å². The van der Waals surface area contributed by atoms with Crippen molar-refractivity contribution in [1.82, 2.24) is 4.98 Å². The number of pyridine rings is 1. The van der Waals surface area contributed by atoms with Gasteiger partial charge >= 0.3 is 5.97 Å². The lowest BCUT2D eigenvalue weighted by Crippen LogP contribution is -2.13. The number of oxime groups is 1. The van der Waals surface area contributed by atoms with Gasteiger partial charge in [0.05, 0.1) is 22.1 Å². The van der Waals surface area contributed by atoms with Crippen LogP contribution < -0.4 is 5.73 Å². The minimum Gasteiger partial charge on any atom is -0.456 e. The fraction of sp³-hybridized carbons (Fsp3) is 0.235. The lowest BCUT2D eigenvalue weighted by atomic mass is 10.1. The average Bonchev–Trinajstić information content (AvgIpc) is 3.02.